The van der Waals surface area contributed by atoms with Crippen molar-refractivity contribution >= 4 is 0 Å². The Morgan fingerprint density at radius 2 is 1.14 bits per heavy atom. The van der Waals surface area contributed by atoms with Crippen molar-refractivity contribution in [3.05, 3.63) is 0 Å². The molecule has 0 aromatic heterocycles. The first-order valence-corrected chi connectivity index (χ1v) is 9.18. The molecule has 0 aliphatic carbocycles. The summed E-state index contributed by atoms with van der Waals surface area (Å²) in [5, 5.41) is 9.11. The fourth-order valence-corrected chi connectivity index (χ4v) is 2.64. The lowest BCUT2D eigenvalue weighted by Gasteiger charge is -2.23. The first kappa shape index (κ1) is 20.9. The highest BCUT2D eigenvalue weighted by Crippen LogP contribution is 2.10. The Labute approximate surface area is 133 Å². The molecule has 0 saturated heterocycles. The Bertz CT molecular complexity index is 198. The van der Waals surface area contributed by atoms with Crippen molar-refractivity contribution in [1.29, 1.82) is 0 Å². The van der Waals surface area contributed by atoms with Crippen molar-refractivity contribution in [3.8, 4) is 0 Å². The molecule has 3 heteroatoms. The van der Waals surface area contributed by atoms with Crippen LogP contribution in [0.1, 0.15) is 71.1 Å². The Morgan fingerprint density at radius 1 is 0.619 bits per heavy atom. The van der Waals surface area contributed by atoms with Crippen LogP contribution in [-0.4, -0.2) is 61.8 Å². The molecule has 0 fully saturated rings. The summed E-state index contributed by atoms with van der Waals surface area (Å²) in [6, 6.07) is 0. The van der Waals surface area contributed by atoms with E-state index in [0.717, 1.165) is 26.2 Å². The van der Waals surface area contributed by atoms with E-state index in [4.69, 9.17) is 5.11 Å². The molecular formula is C18H40N2O. The molecule has 0 saturated carbocycles. The highest BCUT2D eigenvalue weighted by Gasteiger charge is 2.04. The van der Waals surface area contributed by atoms with Gasteiger partial charge in [-0.2, -0.15) is 0 Å². The van der Waals surface area contributed by atoms with Crippen molar-refractivity contribution in [3.63, 3.8) is 0 Å². The molecule has 21 heavy (non-hydrogen) atoms. The van der Waals surface area contributed by atoms with Crippen molar-refractivity contribution in [2.75, 3.05) is 46.9 Å². The summed E-state index contributed by atoms with van der Waals surface area (Å²) < 4.78 is 0. The second-order valence-electron chi connectivity index (χ2n) is 6.55. The summed E-state index contributed by atoms with van der Waals surface area (Å²) >= 11 is 0. The van der Waals surface area contributed by atoms with E-state index in [1.165, 1.54) is 64.2 Å². The molecule has 0 radical (unpaired) electrons. The van der Waals surface area contributed by atoms with Gasteiger partial charge >= 0.3 is 0 Å². The molecule has 0 rings (SSSR count). The van der Waals surface area contributed by atoms with E-state index in [2.05, 4.69) is 30.8 Å². The van der Waals surface area contributed by atoms with Crippen LogP contribution in [-0.2, 0) is 0 Å². The lowest BCUT2D eigenvalue weighted by atomic mass is 10.1. The molecule has 0 amide bonds. The van der Waals surface area contributed by atoms with Crippen molar-refractivity contribution < 1.29 is 5.11 Å². The van der Waals surface area contributed by atoms with Crippen LogP contribution in [0.25, 0.3) is 0 Å². The van der Waals surface area contributed by atoms with Gasteiger partial charge in [-0.15, -0.1) is 0 Å². The van der Waals surface area contributed by atoms with Gasteiger partial charge in [-0.05, 0) is 27.1 Å². The van der Waals surface area contributed by atoms with E-state index in [1.54, 1.807) is 0 Å². The minimum Gasteiger partial charge on any atom is -0.395 e. The molecule has 3 nitrogen and oxygen atoms in total. The molecule has 0 heterocycles. The quantitative estimate of drug-likeness (QED) is 0.440. The molecule has 0 atom stereocenters. The number of rotatable bonds is 16. The maximum atomic E-state index is 9.11. The van der Waals surface area contributed by atoms with Gasteiger partial charge in [0.05, 0.1) is 6.61 Å². The monoisotopic (exact) mass is 300 g/mol. The zero-order chi connectivity index (χ0) is 15.8. The van der Waals surface area contributed by atoms with Crippen LogP contribution < -0.4 is 0 Å². The van der Waals surface area contributed by atoms with Gasteiger partial charge < -0.3 is 10.0 Å². The van der Waals surface area contributed by atoms with Crippen LogP contribution in [0.2, 0.25) is 0 Å². The van der Waals surface area contributed by atoms with Gasteiger partial charge in [-0.1, -0.05) is 64.7 Å². The maximum absolute atomic E-state index is 9.11. The summed E-state index contributed by atoms with van der Waals surface area (Å²) in [4.78, 5) is 4.60. The summed E-state index contributed by atoms with van der Waals surface area (Å²) in [6.45, 7) is 6.68. The maximum Gasteiger partial charge on any atom is 0.0558 e. The first-order chi connectivity index (χ1) is 10.2. The Kier molecular flexibility index (Phi) is 16.2. The molecule has 0 aromatic rings. The molecule has 128 valence electrons. The van der Waals surface area contributed by atoms with E-state index in [1.807, 2.05) is 0 Å². The summed E-state index contributed by atoms with van der Waals surface area (Å²) in [7, 11) is 4.22. The van der Waals surface area contributed by atoms with E-state index < -0.39 is 0 Å². The number of unbranched alkanes of at least 4 members (excludes halogenated alkanes) is 9. The van der Waals surface area contributed by atoms with Crippen molar-refractivity contribution in [2.24, 2.45) is 0 Å². The van der Waals surface area contributed by atoms with E-state index >= 15 is 0 Å². The van der Waals surface area contributed by atoms with Crippen LogP contribution in [0.4, 0.5) is 0 Å². The normalized spacial score (nSPS) is 11.7. The first-order valence-electron chi connectivity index (χ1n) is 9.18. The molecular weight excluding hydrogens is 260 g/mol. The molecule has 0 aliphatic rings. The standard InChI is InChI=1S/C18H40N2O/c1-4-5-6-7-8-9-10-11-12-13-14-20(17-18-21)16-15-19(2)3/h21H,4-18H2,1-3H3. The largest absolute Gasteiger partial charge is 0.395 e. The lowest BCUT2D eigenvalue weighted by Crippen LogP contribution is -2.34. The fourth-order valence-electron chi connectivity index (χ4n) is 2.64. The van der Waals surface area contributed by atoms with Crippen molar-refractivity contribution in [2.45, 2.75) is 71.1 Å². The molecule has 0 spiro atoms. The van der Waals surface area contributed by atoms with Crippen LogP contribution in [0, 0.1) is 0 Å². The highest BCUT2D eigenvalue weighted by atomic mass is 16.3. The molecule has 0 unspecified atom stereocenters. The lowest BCUT2D eigenvalue weighted by molar-refractivity contribution is 0.181. The number of aliphatic hydroxyl groups excluding tert-OH is 1. The fraction of sp³-hybridized carbons (Fsp3) is 1.00. The second-order valence-corrected chi connectivity index (χ2v) is 6.55. The Balaban J connectivity index is 3.36. The van der Waals surface area contributed by atoms with E-state index in [9.17, 15) is 0 Å². The van der Waals surface area contributed by atoms with Crippen LogP contribution in [0.3, 0.4) is 0 Å². The zero-order valence-corrected chi connectivity index (χ0v) is 14.9. The van der Waals surface area contributed by atoms with Gasteiger partial charge in [-0.25, -0.2) is 0 Å². The smallest absolute Gasteiger partial charge is 0.0558 e. The molecule has 1 N–H and O–H groups in total. The average molecular weight is 301 g/mol. The predicted molar refractivity (Wildman–Crippen MR) is 93.9 cm³/mol. The van der Waals surface area contributed by atoms with Crippen LogP contribution in [0.15, 0.2) is 0 Å². The van der Waals surface area contributed by atoms with Gasteiger partial charge in [0, 0.05) is 19.6 Å². The number of likely N-dealkylation sites (N-methyl/N-ethyl adjacent to an activating group) is 1. The SMILES string of the molecule is CCCCCCCCCCCCN(CCO)CCN(C)C. The summed E-state index contributed by atoms with van der Waals surface area (Å²) in [6.07, 6.45) is 13.9. The minimum absolute atomic E-state index is 0.283. The number of aliphatic hydroxyl groups is 1. The highest BCUT2D eigenvalue weighted by molar-refractivity contribution is 4.60. The van der Waals surface area contributed by atoms with Crippen LogP contribution in [0.5, 0.6) is 0 Å². The van der Waals surface area contributed by atoms with Gasteiger partial charge in [0.2, 0.25) is 0 Å². The van der Waals surface area contributed by atoms with Gasteiger partial charge in [0.1, 0.15) is 0 Å². The number of hydrogen-bond donors (Lipinski definition) is 1. The molecule has 0 aliphatic heterocycles. The molecule has 0 bridgehead atoms. The topological polar surface area (TPSA) is 26.7 Å². The number of nitrogens with zero attached hydrogens (tertiary/aromatic N) is 2. The van der Waals surface area contributed by atoms with E-state index in [0.29, 0.717) is 0 Å². The summed E-state index contributed by atoms with van der Waals surface area (Å²) in [5.41, 5.74) is 0. The third kappa shape index (κ3) is 16.1. The molecule has 0 aromatic carbocycles. The van der Waals surface area contributed by atoms with E-state index in [-0.39, 0.29) is 6.61 Å². The second kappa shape index (κ2) is 16.3. The van der Waals surface area contributed by atoms with Gasteiger partial charge in [0.15, 0.2) is 0 Å². The Hall–Kier alpha value is -0.120. The zero-order valence-electron chi connectivity index (χ0n) is 14.9. The third-order valence-electron chi connectivity index (χ3n) is 4.11. The minimum atomic E-state index is 0.283. The van der Waals surface area contributed by atoms with Gasteiger partial charge in [0.25, 0.3) is 0 Å². The summed E-state index contributed by atoms with van der Waals surface area (Å²) in [5.74, 6) is 0. The third-order valence-corrected chi connectivity index (χ3v) is 4.11. The predicted octanol–water partition coefficient (Wildman–Crippen LogP) is 3.76. The van der Waals surface area contributed by atoms with Gasteiger partial charge in [-0.3, -0.25) is 4.90 Å². The van der Waals surface area contributed by atoms with Crippen LogP contribution >= 0.6 is 0 Å². The van der Waals surface area contributed by atoms with Crippen molar-refractivity contribution in [1.82, 2.24) is 9.80 Å². The Morgan fingerprint density at radius 3 is 1.62 bits per heavy atom. The number of hydrogen-bond acceptors (Lipinski definition) is 3. The average Bonchev–Trinajstić information content (AvgIpc) is 2.46.